The largest absolute Gasteiger partial charge is 0.386 e. The van der Waals surface area contributed by atoms with E-state index in [1.54, 1.807) is 22.7 Å². The molecule has 0 spiro atoms. The second-order valence-electron chi connectivity index (χ2n) is 12.0. The first-order chi connectivity index (χ1) is 16.4. The number of fused-ring (bicyclic) bond motifs is 3. The van der Waals surface area contributed by atoms with Gasteiger partial charge >= 0.3 is 11.3 Å². The van der Waals surface area contributed by atoms with Crippen molar-refractivity contribution < 1.29 is 4.42 Å². The molecule has 3 aromatic rings. The van der Waals surface area contributed by atoms with Crippen molar-refractivity contribution in [1.29, 1.82) is 0 Å². The molecule has 3 aromatic heterocycles. The molecule has 194 valence electrons. The van der Waals surface area contributed by atoms with Gasteiger partial charge in [0.2, 0.25) is 0 Å². The lowest BCUT2D eigenvalue weighted by atomic mass is 10.1. The van der Waals surface area contributed by atoms with Crippen molar-refractivity contribution in [3.63, 3.8) is 0 Å². The molecule has 0 N–H and O–H groups in total. The third-order valence-electron chi connectivity index (χ3n) is 6.74. The van der Waals surface area contributed by atoms with Gasteiger partial charge in [0.05, 0.1) is 36.3 Å². The lowest BCUT2D eigenvalue weighted by molar-refractivity contribution is 0.490. The van der Waals surface area contributed by atoms with Crippen LogP contribution in [0.15, 0.2) is 14.0 Å². The molecule has 0 amide bonds. The molecule has 0 atom stereocenters. The van der Waals surface area contributed by atoms with Gasteiger partial charge in [0.15, 0.2) is 0 Å². The fourth-order valence-corrected chi connectivity index (χ4v) is 12.7. The Labute approximate surface area is 221 Å². The molecular formula is C28H44O3S2Si2. The van der Waals surface area contributed by atoms with Gasteiger partial charge in [-0.3, -0.25) is 0 Å². The number of unbranched alkanes of at least 4 members (excludes halogenated alkanes) is 6. The average molecular weight is 549 g/mol. The van der Waals surface area contributed by atoms with E-state index in [1.807, 2.05) is 0 Å². The van der Waals surface area contributed by atoms with Crippen molar-refractivity contribution in [2.24, 2.45) is 0 Å². The number of aryl methyl sites for hydroxylation is 2. The molecule has 0 bridgehead atoms. The Bertz CT molecular complexity index is 1190. The summed E-state index contributed by atoms with van der Waals surface area (Å²) in [5, 5.41) is 1.41. The number of thiophene rings is 2. The highest BCUT2D eigenvalue weighted by atomic mass is 32.1. The van der Waals surface area contributed by atoms with Crippen LogP contribution in [-0.2, 0) is 12.8 Å². The number of rotatable bonds is 12. The molecule has 0 fully saturated rings. The summed E-state index contributed by atoms with van der Waals surface area (Å²) in [6.45, 7) is 18.7. The minimum atomic E-state index is -1.68. The maximum atomic E-state index is 13.4. The topological polar surface area (TPSA) is 47.3 Å². The first kappa shape index (κ1) is 28.5. The molecule has 0 aliphatic carbocycles. The van der Waals surface area contributed by atoms with E-state index in [2.05, 4.69) is 53.1 Å². The maximum absolute atomic E-state index is 13.4. The van der Waals surface area contributed by atoms with Crippen LogP contribution in [0.2, 0.25) is 39.3 Å². The van der Waals surface area contributed by atoms with E-state index < -0.39 is 27.4 Å². The lowest BCUT2D eigenvalue weighted by Crippen LogP contribution is -2.37. The predicted molar refractivity (Wildman–Crippen MR) is 164 cm³/mol. The second-order valence-corrected chi connectivity index (χ2v) is 24.8. The lowest BCUT2D eigenvalue weighted by Gasteiger charge is -2.16. The Hall–Kier alpha value is -1.03. The second kappa shape index (κ2) is 11.6. The van der Waals surface area contributed by atoms with Gasteiger partial charge in [-0.1, -0.05) is 91.7 Å². The van der Waals surface area contributed by atoms with Crippen LogP contribution in [0, 0.1) is 0 Å². The zero-order valence-corrected chi connectivity index (χ0v) is 26.7. The van der Waals surface area contributed by atoms with E-state index in [4.69, 9.17) is 4.42 Å². The highest BCUT2D eigenvalue weighted by Gasteiger charge is 2.31. The van der Waals surface area contributed by atoms with Crippen LogP contribution in [0.25, 0.3) is 20.2 Å². The van der Waals surface area contributed by atoms with Crippen molar-refractivity contribution in [3.8, 4) is 0 Å². The fourth-order valence-electron chi connectivity index (χ4n) is 5.01. The monoisotopic (exact) mass is 548 g/mol. The van der Waals surface area contributed by atoms with Gasteiger partial charge in [0.1, 0.15) is 0 Å². The van der Waals surface area contributed by atoms with Crippen LogP contribution >= 0.6 is 22.7 Å². The predicted octanol–water partition coefficient (Wildman–Crippen LogP) is 7.77. The molecule has 3 rings (SSSR count). The Morgan fingerprint density at radius 1 is 0.600 bits per heavy atom. The Morgan fingerprint density at radius 3 is 1.29 bits per heavy atom. The molecule has 0 unspecified atom stereocenters. The standard InChI is InChI=1S/C28H44O3S2Si2/c1-9-11-13-15-17-19-21-23(32-27(19)34(3,4)5)24-22(26(30)31-25(21)29)20(18-16-14-12-10-2)28(33-24)35(6,7)8/h9-18H2,1-8H3. The highest BCUT2D eigenvalue weighted by Crippen LogP contribution is 2.36. The van der Waals surface area contributed by atoms with Crippen LogP contribution in [-0.4, -0.2) is 16.1 Å². The van der Waals surface area contributed by atoms with Crippen molar-refractivity contribution in [1.82, 2.24) is 0 Å². The van der Waals surface area contributed by atoms with Gasteiger partial charge < -0.3 is 4.42 Å². The molecule has 0 saturated heterocycles. The molecular weight excluding hydrogens is 505 g/mol. The summed E-state index contributed by atoms with van der Waals surface area (Å²) in [7, 11) is -3.36. The van der Waals surface area contributed by atoms with Gasteiger partial charge in [-0.2, -0.15) is 0 Å². The molecule has 0 radical (unpaired) electrons. The van der Waals surface area contributed by atoms with Crippen LogP contribution in [0.3, 0.4) is 0 Å². The van der Waals surface area contributed by atoms with Crippen LogP contribution in [0.4, 0.5) is 0 Å². The Balaban J connectivity index is 2.36. The summed E-state index contributed by atoms with van der Waals surface area (Å²) < 4.78 is 10.5. The number of hydrogen-bond acceptors (Lipinski definition) is 5. The zero-order chi connectivity index (χ0) is 26.0. The van der Waals surface area contributed by atoms with Crippen LogP contribution < -0.4 is 20.3 Å². The van der Waals surface area contributed by atoms with Gasteiger partial charge in [0.25, 0.3) is 0 Å². The molecule has 0 saturated carbocycles. The molecule has 0 aliphatic heterocycles. The summed E-state index contributed by atoms with van der Waals surface area (Å²) in [5.41, 5.74) is 1.51. The molecule has 0 aliphatic rings. The quantitative estimate of drug-likeness (QED) is 0.172. The maximum Gasteiger partial charge on any atom is 0.347 e. The van der Waals surface area contributed by atoms with Crippen molar-refractivity contribution in [2.45, 2.75) is 117 Å². The van der Waals surface area contributed by atoms with Crippen molar-refractivity contribution >= 4 is 68.0 Å². The van der Waals surface area contributed by atoms with Crippen molar-refractivity contribution in [2.75, 3.05) is 0 Å². The molecule has 0 aromatic carbocycles. The SMILES string of the molecule is CCCCCCc1c([Si](C)(C)C)sc2c1c(=O)oc(=O)c1c(CCCCCC)c([Si](C)(C)C)sc12. The third kappa shape index (κ3) is 6.28. The van der Waals surface area contributed by atoms with E-state index in [0.29, 0.717) is 10.8 Å². The van der Waals surface area contributed by atoms with E-state index in [-0.39, 0.29) is 0 Å². The van der Waals surface area contributed by atoms with Crippen LogP contribution in [0.5, 0.6) is 0 Å². The summed E-state index contributed by atoms with van der Waals surface area (Å²) in [6.07, 6.45) is 11.1. The minimum absolute atomic E-state index is 0.425. The Morgan fingerprint density at radius 2 is 0.971 bits per heavy atom. The zero-order valence-electron chi connectivity index (χ0n) is 23.1. The normalized spacial score (nSPS) is 12.8. The van der Waals surface area contributed by atoms with Gasteiger partial charge in [-0.15, -0.1) is 22.7 Å². The summed E-state index contributed by atoms with van der Waals surface area (Å²) >= 11 is 3.59. The van der Waals surface area contributed by atoms with E-state index >= 15 is 0 Å². The molecule has 7 heteroatoms. The Kier molecular flexibility index (Phi) is 9.44. The minimum Gasteiger partial charge on any atom is -0.386 e. The van der Waals surface area contributed by atoms with E-state index in [0.717, 1.165) is 35.1 Å². The first-order valence-corrected chi connectivity index (χ1v) is 22.1. The van der Waals surface area contributed by atoms with E-state index in [9.17, 15) is 9.59 Å². The van der Waals surface area contributed by atoms with Gasteiger partial charge in [-0.25, -0.2) is 9.59 Å². The highest BCUT2D eigenvalue weighted by molar-refractivity contribution is 7.38. The third-order valence-corrected chi connectivity index (χ3v) is 16.6. The first-order valence-electron chi connectivity index (χ1n) is 13.5. The number of hydrogen-bond donors (Lipinski definition) is 0. The fraction of sp³-hybridized carbons (Fsp3) is 0.643. The summed E-state index contributed by atoms with van der Waals surface area (Å²) in [6, 6.07) is 0. The van der Waals surface area contributed by atoms with E-state index in [1.165, 1.54) is 58.7 Å². The van der Waals surface area contributed by atoms with Gasteiger partial charge in [-0.05, 0) is 45.8 Å². The van der Waals surface area contributed by atoms with Crippen molar-refractivity contribution in [3.05, 3.63) is 32.0 Å². The smallest absolute Gasteiger partial charge is 0.347 e. The molecule has 35 heavy (non-hydrogen) atoms. The summed E-state index contributed by atoms with van der Waals surface area (Å²) in [4.78, 5) is 26.8. The molecule has 3 nitrogen and oxygen atoms in total. The van der Waals surface area contributed by atoms with Crippen LogP contribution in [0.1, 0.15) is 76.3 Å². The van der Waals surface area contributed by atoms with Gasteiger partial charge in [0, 0.05) is 0 Å². The average Bonchev–Trinajstić information content (AvgIpc) is 3.30. The summed E-state index contributed by atoms with van der Waals surface area (Å²) in [5.74, 6) is 0. The molecule has 3 heterocycles.